The van der Waals surface area contributed by atoms with Crippen molar-refractivity contribution in [3.8, 4) is 0 Å². The van der Waals surface area contributed by atoms with Gasteiger partial charge in [0.2, 0.25) is 0 Å². The number of esters is 1. The van der Waals surface area contributed by atoms with Gasteiger partial charge in [0.1, 0.15) is 5.60 Å². The number of rotatable bonds is 2. The number of nitrogen functional groups attached to an aromatic ring is 1. The van der Waals surface area contributed by atoms with Gasteiger partial charge in [-0.3, -0.25) is 0 Å². The molecule has 0 heterocycles. The minimum atomic E-state index is -1.26. The standard InChI is InChI=1S/C12H17NO3/c1-12(2,3)16-11(15)10(14)8-4-6-9(13)7-5-8/h4-7,10,14H,13H2,1-3H3. The molecular weight excluding hydrogens is 206 g/mol. The van der Waals surface area contributed by atoms with Crippen molar-refractivity contribution in [2.24, 2.45) is 0 Å². The molecule has 0 amide bonds. The van der Waals surface area contributed by atoms with Gasteiger partial charge in [-0.1, -0.05) is 12.1 Å². The molecule has 16 heavy (non-hydrogen) atoms. The van der Waals surface area contributed by atoms with Crippen LogP contribution in [0.15, 0.2) is 24.3 Å². The van der Waals surface area contributed by atoms with Gasteiger partial charge in [0.05, 0.1) is 0 Å². The van der Waals surface area contributed by atoms with Gasteiger partial charge in [0.25, 0.3) is 0 Å². The Bertz CT molecular complexity index is 365. The van der Waals surface area contributed by atoms with Crippen LogP contribution in [0.5, 0.6) is 0 Å². The molecule has 88 valence electrons. The van der Waals surface area contributed by atoms with Crippen molar-refractivity contribution < 1.29 is 14.6 Å². The smallest absolute Gasteiger partial charge is 0.340 e. The van der Waals surface area contributed by atoms with Gasteiger partial charge in [0, 0.05) is 5.69 Å². The largest absolute Gasteiger partial charge is 0.458 e. The summed E-state index contributed by atoms with van der Waals surface area (Å²) in [4.78, 5) is 11.5. The van der Waals surface area contributed by atoms with Crippen molar-refractivity contribution in [3.05, 3.63) is 29.8 Å². The van der Waals surface area contributed by atoms with Gasteiger partial charge in [-0.2, -0.15) is 0 Å². The molecule has 0 saturated heterocycles. The lowest BCUT2D eigenvalue weighted by Crippen LogP contribution is -2.27. The minimum absolute atomic E-state index is 0.475. The molecule has 0 aliphatic carbocycles. The first-order valence-corrected chi connectivity index (χ1v) is 5.06. The Morgan fingerprint density at radius 3 is 2.25 bits per heavy atom. The lowest BCUT2D eigenvalue weighted by Gasteiger charge is -2.21. The SMILES string of the molecule is CC(C)(C)OC(=O)C(O)c1ccc(N)cc1. The van der Waals surface area contributed by atoms with Crippen LogP contribution in [-0.2, 0) is 9.53 Å². The van der Waals surface area contributed by atoms with Crippen LogP contribution in [0.1, 0.15) is 32.4 Å². The lowest BCUT2D eigenvalue weighted by atomic mass is 10.1. The molecule has 0 aromatic heterocycles. The number of hydrogen-bond acceptors (Lipinski definition) is 4. The quantitative estimate of drug-likeness (QED) is 0.590. The monoisotopic (exact) mass is 223 g/mol. The maximum absolute atomic E-state index is 11.5. The first kappa shape index (κ1) is 12.5. The van der Waals surface area contributed by atoms with E-state index in [2.05, 4.69) is 0 Å². The van der Waals surface area contributed by atoms with Crippen LogP contribution in [-0.4, -0.2) is 16.7 Å². The second-order valence-corrected chi connectivity index (χ2v) is 4.60. The Labute approximate surface area is 95.0 Å². The summed E-state index contributed by atoms with van der Waals surface area (Å²) >= 11 is 0. The van der Waals surface area contributed by atoms with E-state index in [0.717, 1.165) is 0 Å². The van der Waals surface area contributed by atoms with Crippen molar-refractivity contribution in [2.75, 3.05) is 5.73 Å². The molecule has 4 nitrogen and oxygen atoms in total. The number of nitrogens with two attached hydrogens (primary N) is 1. The Morgan fingerprint density at radius 2 is 1.81 bits per heavy atom. The zero-order valence-corrected chi connectivity index (χ0v) is 9.73. The van der Waals surface area contributed by atoms with E-state index in [-0.39, 0.29) is 0 Å². The first-order chi connectivity index (χ1) is 7.29. The molecule has 3 N–H and O–H groups in total. The molecular formula is C12H17NO3. The molecule has 4 heteroatoms. The summed E-state index contributed by atoms with van der Waals surface area (Å²) in [5.74, 6) is -0.655. The third-order valence-electron chi connectivity index (χ3n) is 1.88. The zero-order valence-electron chi connectivity index (χ0n) is 9.73. The third-order valence-corrected chi connectivity index (χ3v) is 1.88. The molecule has 0 fully saturated rings. The molecule has 0 aliphatic heterocycles. The first-order valence-electron chi connectivity index (χ1n) is 5.06. The van der Waals surface area contributed by atoms with Gasteiger partial charge in [0.15, 0.2) is 6.10 Å². The number of aliphatic hydroxyl groups is 1. The summed E-state index contributed by atoms with van der Waals surface area (Å²) in [7, 11) is 0. The van der Waals surface area contributed by atoms with Crippen molar-refractivity contribution in [1.82, 2.24) is 0 Å². The Hall–Kier alpha value is -1.55. The van der Waals surface area contributed by atoms with E-state index < -0.39 is 17.7 Å². The third kappa shape index (κ3) is 3.55. The molecule has 0 spiro atoms. The lowest BCUT2D eigenvalue weighted by molar-refractivity contribution is -0.165. The summed E-state index contributed by atoms with van der Waals surface area (Å²) < 4.78 is 5.06. The highest BCUT2D eigenvalue weighted by atomic mass is 16.6. The van der Waals surface area contributed by atoms with Gasteiger partial charge >= 0.3 is 5.97 Å². The van der Waals surface area contributed by atoms with Crippen LogP contribution in [0.4, 0.5) is 5.69 Å². The van der Waals surface area contributed by atoms with E-state index in [4.69, 9.17) is 10.5 Å². The second kappa shape index (κ2) is 4.53. The number of anilines is 1. The Morgan fingerprint density at radius 1 is 1.31 bits per heavy atom. The summed E-state index contributed by atoms with van der Waals surface area (Å²) in [5.41, 5.74) is 5.96. The molecule has 1 rings (SSSR count). The summed E-state index contributed by atoms with van der Waals surface area (Å²) in [5, 5.41) is 9.73. The van der Waals surface area contributed by atoms with E-state index in [1.807, 2.05) is 0 Å². The molecule has 1 unspecified atom stereocenters. The van der Waals surface area contributed by atoms with Crippen LogP contribution >= 0.6 is 0 Å². The number of benzene rings is 1. The number of aliphatic hydroxyl groups excluding tert-OH is 1. The van der Waals surface area contributed by atoms with Crippen LogP contribution < -0.4 is 5.73 Å². The van der Waals surface area contributed by atoms with Crippen molar-refractivity contribution in [2.45, 2.75) is 32.5 Å². The Balaban J connectivity index is 2.74. The maximum Gasteiger partial charge on any atom is 0.340 e. The highest BCUT2D eigenvalue weighted by Crippen LogP contribution is 2.19. The van der Waals surface area contributed by atoms with E-state index in [0.29, 0.717) is 11.3 Å². The van der Waals surface area contributed by atoms with E-state index in [1.54, 1.807) is 45.0 Å². The average Bonchev–Trinajstić information content (AvgIpc) is 2.15. The van der Waals surface area contributed by atoms with Gasteiger partial charge < -0.3 is 15.6 Å². The molecule has 0 radical (unpaired) electrons. The van der Waals surface area contributed by atoms with Crippen molar-refractivity contribution >= 4 is 11.7 Å². The average molecular weight is 223 g/mol. The fourth-order valence-electron chi connectivity index (χ4n) is 1.17. The molecule has 0 aliphatic rings. The molecule has 1 atom stereocenters. The number of carbonyl (C=O) groups excluding carboxylic acids is 1. The normalized spacial score (nSPS) is 13.2. The fourth-order valence-corrected chi connectivity index (χ4v) is 1.17. The van der Waals surface area contributed by atoms with Gasteiger partial charge in [-0.25, -0.2) is 4.79 Å². The number of hydrogen-bond donors (Lipinski definition) is 2. The van der Waals surface area contributed by atoms with E-state index >= 15 is 0 Å². The fraction of sp³-hybridized carbons (Fsp3) is 0.417. The number of carbonyl (C=O) groups is 1. The topological polar surface area (TPSA) is 72.5 Å². The Kier molecular flexibility index (Phi) is 3.55. The van der Waals surface area contributed by atoms with E-state index in [1.165, 1.54) is 0 Å². The highest BCUT2D eigenvalue weighted by molar-refractivity contribution is 5.76. The van der Waals surface area contributed by atoms with E-state index in [9.17, 15) is 9.90 Å². The molecule has 0 saturated carbocycles. The predicted molar refractivity (Wildman–Crippen MR) is 61.7 cm³/mol. The molecule has 0 bridgehead atoms. The maximum atomic E-state index is 11.5. The number of ether oxygens (including phenoxy) is 1. The highest BCUT2D eigenvalue weighted by Gasteiger charge is 2.24. The van der Waals surface area contributed by atoms with Crippen molar-refractivity contribution in [1.29, 1.82) is 0 Å². The van der Waals surface area contributed by atoms with Crippen LogP contribution in [0.3, 0.4) is 0 Å². The zero-order chi connectivity index (χ0) is 12.3. The predicted octanol–water partition coefficient (Wildman–Crippen LogP) is 1.64. The minimum Gasteiger partial charge on any atom is -0.458 e. The second-order valence-electron chi connectivity index (χ2n) is 4.60. The summed E-state index contributed by atoms with van der Waals surface area (Å²) in [6, 6.07) is 6.46. The molecule has 1 aromatic rings. The van der Waals surface area contributed by atoms with Crippen LogP contribution in [0.2, 0.25) is 0 Å². The van der Waals surface area contributed by atoms with Crippen molar-refractivity contribution in [3.63, 3.8) is 0 Å². The summed E-state index contributed by atoms with van der Waals surface area (Å²) in [6.45, 7) is 5.25. The van der Waals surface area contributed by atoms with Gasteiger partial charge in [-0.05, 0) is 38.5 Å². The van der Waals surface area contributed by atoms with Gasteiger partial charge in [-0.15, -0.1) is 0 Å². The molecule has 1 aromatic carbocycles. The van der Waals surface area contributed by atoms with Crippen LogP contribution in [0, 0.1) is 0 Å². The summed E-state index contributed by atoms with van der Waals surface area (Å²) in [6.07, 6.45) is -1.26. The van der Waals surface area contributed by atoms with Crippen LogP contribution in [0.25, 0.3) is 0 Å².